The average Bonchev–Trinajstić information content (AvgIpc) is 3.11. The van der Waals surface area contributed by atoms with Crippen molar-refractivity contribution in [2.45, 2.75) is 6.42 Å². The number of nitrogens with one attached hydrogen (secondary N) is 1. The molecule has 1 aromatic heterocycles. The van der Waals surface area contributed by atoms with Gasteiger partial charge in [-0.25, -0.2) is 9.18 Å². The van der Waals surface area contributed by atoms with E-state index in [4.69, 9.17) is 16.1 Å². The van der Waals surface area contributed by atoms with Crippen molar-refractivity contribution in [3.05, 3.63) is 65.2 Å². The maximum absolute atomic E-state index is 12.9. The minimum absolute atomic E-state index is 0.307. The first-order valence-corrected chi connectivity index (χ1v) is 8.25. The molecule has 1 heterocycles. The van der Waals surface area contributed by atoms with Crippen molar-refractivity contribution in [3.8, 4) is 11.5 Å². The van der Waals surface area contributed by atoms with E-state index in [1.54, 1.807) is 31.3 Å². The third kappa shape index (κ3) is 4.58. The van der Waals surface area contributed by atoms with E-state index in [0.717, 1.165) is 5.56 Å². The van der Waals surface area contributed by atoms with E-state index in [1.165, 1.54) is 29.2 Å². The lowest BCUT2D eigenvalue weighted by molar-refractivity contribution is 0.222. The summed E-state index contributed by atoms with van der Waals surface area (Å²) < 4.78 is 18.1. The SMILES string of the molecule is CN(CCc1noc(-c2ccc(Cl)cc2)n1)C(=O)Nc1ccc(F)cc1. The predicted molar refractivity (Wildman–Crippen MR) is 96.5 cm³/mol. The fourth-order valence-electron chi connectivity index (χ4n) is 2.19. The second-order valence-corrected chi connectivity index (χ2v) is 6.07. The highest BCUT2D eigenvalue weighted by atomic mass is 35.5. The summed E-state index contributed by atoms with van der Waals surface area (Å²) in [6.45, 7) is 0.395. The van der Waals surface area contributed by atoms with Gasteiger partial charge in [0.25, 0.3) is 5.89 Å². The van der Waals surface area contributed by atoms with Gasteiger partial charge in [-0.05, 0) is 48.5 Å². The molecule has 0 spiro atoms. The molecule has 0 atom stereocenters. The number of hydrogen-bond donors (Lipinski definition) is 1. The van der Waals surface area contributed by atoms with Gasteiger partial charge in [-0.2, -0.15) is 4.98 Å². The highest BCUT2D eigenvalue weighted by Gasteiger charge is 2.13. The molecule has 3 aromatic rings. The maximum atomic E-state index is 12.9. The molecule has 1 N–H and O–H groups in total. The van der Waals surface area contributed by atoms with Gasteiger partial charge in [-0.15, -0.1) is 0 Å². The number of halogens is 2. The molecular formula is C18H16ClFN4O2. The van der Waals surface area contributed by atoms with E-state index >= 15 is 0 Å². The molecular weight excluding hydrogens is 359 g/mol. The summed E-state index contributed by atoms with van der Waals surface area (Å²) in [5.41, 5.74) is 1.29. The topological polar surface area (TPSA) is 71.3 Å². The number of anilines is 1. The second kappa shape index (κ2) is 7.97. The van der Waals surface area contributed by atoms with Crippen LogP contribution in [0, 0.1) is 5.82 Å². The second-order valence-electron chi connectivity index (χ2n) is 5.63. The Morgan fingerprint density at radius 2 is 1.88 bits per heavy atom. The zero-order valence-electron chi connectivity index (χ0n) is 13.9. The lowest BCUT2D eigenvalue weighted by atomic mass is 10.2. The van der Waals surface area contributed by atoms with Crippen LogP contribution in [0.4, 0.5) is 14.9 Å². The van der Waals surface area contributed by atoms with Gasteiger partial charge in [0, 0.05) is 36.3 Å². The van der Waals surface area contributed by atoms with Gasteiger partial charge in [0.1, 0.15) is 5.82 Å². The molecule has 0 fully saturated rings. The average molecular weight is 375 g/mol. The Hall–Kier alpha value is -2.93. The van der Waals surface area contributed by atoms with Crippen LogP contribution in [0.5, 0.6) is 0 Å². The van der Waals surface area contributed by atoms with Crippen LogP contribution in [0.2, 0.25) is 5.02 Å². The molecule has 0 unspecified atom stereocenters. The number of urea groups is 1. The van der Waals surface area contributed by atoms with Crippen LogP contribution in [0.1, 0.15) is 5.82 Å². The minimum atomic E-state index is -0.357. The van der Waals surface area contributed by atoms with Crippen LogP contribution < -0.4 is 5.32 Å². The van der Waals surface area contributed by atoms with Crippen LogP contribution in [0.25, 0.3) is 11.5 Å². The molecule has 26 heavy (non-hydrogen) atoms. The summed E-state index contributed by atoms with van der Waals surface area (Å²) in [5.74, 6) is 0.538. The van der Waals surface area contributed by atoms with E-state index < -0.39 is 0 Å². The summed E-state index contributed by atoms with van der Waals surface area (Å²) in [6.07, 6.45) is 0.435. The molecule has 0 aliphatic heterocycles. The lowest BCUT2D eigenvalue weighted by Gasteiger charge is -2.17. The zero-order valence-corrected chi connectivity index (χ0v) is 14.7. The maximum Gasteiger partial charge on any atom is 0.321 e. The minimum Gasteiger partial charge on any atom is -0.334 e. The first kappa shape index (κ1) is 17.9. The molecule has 6 nitrogen and oxygen atoms in total. The quantitative estimate of drug-likeness (QED) is 0.725. The fourth-order valence-corrected chi connectivity index (χ4v) is 2.31. The Labute approximate surface area is 154 Å². The number of aromatic nitrogens is 2. The van der Waals surface area contributed by atoms with Crippen molar-refractivity contribution in [1.82, 2.24) is 15.0 Å². The smallest absolute Gasteiger partial charge is 0.321 e. The largest absolute Gasteiger partial charge is 0.334 e. The number of rotatable bonds is 5. The number of hydrogen-bond acceptors (Lipinski definition) is 4. The van der Waals surface area contributed by atoms with Crippen molar-refractivity contribution in [2.24, 2.45) is 0 Å². The van der Waals surface area contributed by atoms with Crippen molar-refractivity contribution in [2.75, 3.05) is 18.9 Å². The van der Waals surface area contributed by atoms with Gasteiger partial charge < -0.3 is 14.7 Å². The molecule has 0 aliphatic carbocycles. The third-order valence-corrected chi connectivity index (χ3v) is 3.92. The van der Waals surface area contributed by atoms with Gasteiger partial charge in [0.15, 0.2) is 5.82 Å². The molecule has 0 saturated heterocycles. The first-order chi connectivity index (χ1) is 12.5. The molecule has 0 saturated carbocycles. The molecule has 3 rings (SSSR count). The highest BCUT2D eigenvalue weighted by molar-refractivity contribution is 6.30. The van der Waals surface area contributed by atoms with E-state index in [9.17, 15) is 9.18 Å². The lowest BCUT2D eigenvalue weighted by Crippen LogP contribution is -2.33. The monoisotopic (exact) mass is 374 g/mol. The van der Waals surface area contributed by atoms with Crippen LogP contribution in [-0.2, 0) is 6.42 Å². The van der Waals surface area contributed by atoms with E-state index in [-0.39, 0.29) is 11.8 Å². The Morgan fingerprint density at radius 3 is 2.58 bits per heavy atom. The summed E-state index contributed by atoms with van der Waals surface area (Å²) >= 11 is 5.86. The predicted octanol–water partition coefficient (Wildman–Crippen LogP) is 4.24. The molecule has 2 amide bonds. The zero-order chi connectivity index (χ0) is 18.5. The highest BCUT2D eigenvalue weighted by Crippen LogP contribution is 2.19. The van der Waals surface area contributed by atoms with Crippen LogP contribution in [0.3, 0.4) is 0 Å². The van der Waals surface area contributed by atoms with Crippen LogP contribution in [0.15, 0.2) is 53.1 Å². The summed E-state index contributed by atoms with van der Waals surface area (Å²) in [5, 5.41) is 7.23. The molecule has 2 aromatic carbocycles. The van der Waals surface area contributed by atoms with Gasteiger partial charge in [0.05, 0.1) is 0 Å². The number of carbonyl (C=O) groups is 1. The number of amides is 2. The van der Waals surface area contributed by atoms with E-state index in [1.807, 2.05) is 0 Å². The van der Waals surface area contributed by atoms with Crippen molar-refractivity contribution >= 4 is 23.3 Å². The van der Waals surface area contributed by atoms with Gasteiger partial charge in [-0.1, -0.05) is 16.8 Å². The number of carbonyl (C=O) groups excluding carboxylic acids is 1. The standard InChI is InChI=1S/C18H16ClFN4O2/c1-24(18(25)21-15-8-6-14(20)7-9-15)11-10-16-22-17(26-23-16)12-2-4-13(19)5-3-12/h2-9H,10-11H2,1H3,(H,21,25). The third-order valence-electron chi connectivity index (χ3n) is 3.67. The van der Waals surface area contributed by atoms with Gasteiger partial charge in [-0.3, -0.25) is 0 Å². The number of likely N-dealkylation sites (N-methyl/N-ethyl adjacent to an activating group) is 1. The van der Waals surface area contributed by atoms with Crippen molar-refractivity contribution in [1.29, 1.82) is 0 Å². The number of benzene rings is 2. The fraction of sp³-hybridized carbons (Fsp3) is 0.167. The Balaban J connectivity index is 1.54. The Morgan fingerprint density at radius 1 is 1.19 bits per heavy atom. The van der Waals surface area contributed by atoms with Crippen molar-refractivity contribution < 1.29 is 13.7 Å². The van der Waals surface area contributed by atoms with Gasteiger partial charge in [0.2, 0.25) is 0 Å². The van der Waals surface area contributed by atoms with E-state index in [0.29, 0.717) is 35.4 Å². The van der Waals surface area contributed by atoms with Crippen molar-refractivity contribution in [3.63, 3.8) is 0 Å². The van der Waals surface area contributed by atoms with E-state index in [2.05, 4.69) is 15.5 Å². The van der Waals surface area contributed by atoms with Crippen LogP contribution in [-0.4, -0.2) is 34.7 Å². The first-order valence-electron chi connectivity index (χ1n) is 7.87. The molecule has 0 aliphatic rings. The summed E-state index contributed by atoms with van der Waals surface area (Å²) in [4.78, 5) is 17.9. The normalized spacial score (nSPS) is 10.6. The number of nitrogens with zero attached hydrogens (tertiary/aromatic N) is 3. The Bertz CT molecular complexity index is 881. The summed E-state index contributed by atoms with van der Waals surface area (Å²) in [7, 11) is 1.65. The molecule has 8 heteroatoms. The Kier molecular flexibility index (Phi) is 5.48. The molecule has 134 valence electrons. The van der Waals surface area contributed by atoms with Gasteiger partial charge >= 0.3 is 6.03 Å². The summed E-state index contributed by atoms with van der Waals surface area (Å²) in [6, 6.07) is 12.3. The molecule has 0 bridgehead atoms. The van der Waals surface area contributed by atoms with Crippen LogP contribution >= 0.6 is 11.6 Å². The molecule has 0 radical (unpaired) electrons.